The summed E-state index contributed by atoms with van der Waals surface area (Å²) in [5, 5.41) is 5.71. The molecule has 13 heteroatoms. The second kappa shape index (κ2) is 13.9. The highest BCUT2D eigenvalue weighted by Crippen LogP contribution is 2.45. The molecule has 57 heavy (non-hydrogen) atoms. The Balaban J connectivity index is 0.866. The van der Waals surface area contributed by atoms with Gasteiger partial charge in [-0.1, -0.05) is 12.1 Å². The third-order valence-electron chi connectivity index (χ3n) is 12.1. The molecule has 0 radical (unpaired) electrons. The zero-order valence-electron chi connectivity index (χ0n) is 31.2. The summed E-state index contributed by atoms with van der Waals surface area (Å²) in [6, 6.07) is 16.1. The number of fused-ring (bicyclic) bond motifs is 4. The Labute approximate surface area is 327 Å². The predicted octanol–water partition coefficient (Wildman–Crippen LogP) is 7.71. The number of rotatable bonds is 7. The molecule has 3 aliphatic heterocycles. The number of para-hydroxylation sites is 1. The molecule has 2 aliphatic carbocycles. The number of benzene rings is 2. The molecule has 5 aromatic rings. The van der Waals surface area contributed by atoms with Crippen LogP contribution in [0, 0.1) is 17.0 Å². The van der Waals surface area contributed by atoms with Crippen molar-refractivity contribution in [2.24, 2.45) is 5.41 Å². The molecule has 3 amide bonds. The lowest BCUT2D eigenvalue weighted by Crippen LogP contribution is -2.59. The van der Waals surface area contributed by atoms with Crippen molar-refractivity contribution >= 4 is 40.6 Å². The highest BCUT2D eigenvalue weighted by molar-refractivity contribution is 6.10. The van der Waals surface area contributed by atoms with Gasteiger partial charge in [-0.3, -0.25) is 14.4 Å². The van der Waals surface area contributed by atoms with Gasteiger partial charge in [-0.25, -0.2) is 18.7 Å². The van der Waals surface area contributed by atoms with Gasteiger partial charge in [0.05, 0.1) is 23.1 Å². The summed E-state index contributed by atoms with van der Waals surface area (Å²) in [4.78, 5) is 54.3. The fourth-order valence-corrected chi connectivity index (χ4v) is 8.84. The van der Waals surface area contributed by atoms with Gasteiger partial charge in [0, 0.05) is 66.8 Å². The Hall–Kier alpha value is -5.95. The third kappa shape index (κ3) is 6.53. The number of hydrogen-bond acceptors (Lipinski definition) is 8. The second-order valence-electron chi connectivity index (χ2n) is 15.9. The third-order valence-corrected chi connectivity index (χ3v) is 12.1. The minimum atomic E-state index is -0.647. The van der Waals surface area contributed by atoms with Crippen LogP contribution in [-0.2, 0) is 24.0 Å². The largest absolute Gasteiger partial charge is 0.449 e. The van der Waals surface area contributed by atoms with Crippen LogP contribution in [0.15, 0.2) is 71.3 Å². The van der Waals surface area contributed by atoms with Crippen LogP contribution in [0.3, 0.4) is 0 Å². The van der Waals surface area contributed by atoms with Crippen LogP contribution in [0.4, 0.5) is 31.7 Å². The topological polar surface area (TPSA) is 130 Å². The van der Waals surface area contributed by atoms with Gasteiger partial charge in [0.15, 0.2) is 11.5 Å². The van der Waals surface area contributed by atoms with Crippen molar-refractivity contribution in [1.29, 1.82) is 0 Å². The van der Waals surface area contributed by atoms with Crippen molar-refractivity contribution in [3.05, 3.63) is 118 Å². The number of furan rings is 1. The molecule has 0 unspecified atom stereocenters. The van der Waals surface area contributed by atoms with E-state index < -0.39 is 23.4 Å². The Morgan fingerprint density at radius 2 is 1.68 bits per heavy atom. The number of aryl methyl sites for hydroxylation is 2. The highest BCUT2D eigenvalue weighted by atomic mass is 19.1. The number of aromatic nitrogens is 2. The van der Waals surface area contributed by atoms with Crippen LogP contribution >= 0.6 is 0 Å². The van der Waals surface area contributed by atoms with Crippen LogP contribution in [0.1, 0.15) is 91.7 Å². The Morgan fingerprint density at radius 3 is 2.47 bits per heavy atom. The number of nitrogens with one attached hydrogen (secondary N) is 2. The summed E-state index contributed by atoms with van der Waals surface area (Å²) < 4.78 is 41.2. The van der Waals surface area contributed by atoms with Gasteiger partial charge >= 0.3 is 0 Å². The van der Waals surface area contributed by atoms with E-state index in [-0.39, 0.29) is 58.8 Å². The zero-order valence-corrected chi connectivity index (χ0v) is 31.2. The number of carbonyl (C=O) groups is 3. The standard InChI is InChI=1S/C44H40F2N6O5/c45-29-21-35-38(47-22-29)39-28(20-36(57-39)42(54)50-37-31(25-7-8-25)4-2-5-33(37)46)13-16-52(35)43(55)26-9-11-30(12-10-26)48-41(53)32-19-27-3-1-6-34(27)49-40(32)51-23-44(24-51)14-17-56-18-15-44/h2,4-5,9-12,19-22,25H,1,3,6-8,13-18,23-24H2,(H,48,53)(H,50,54). The lowest BCUT2D eigenvalue weighted by Gasteiger charge is -2.53. The van der Waals surface area contributed by atoms with Crippen LogP contribution in [0.25, 0.3) is 11.5 Å². The number of carbonyl (C=O) groups excluding carboxylic acids is 3. The summed E-state index contributed by atoms with van der Waals surface area (Å²) in [6.07, 6.45) is 8.03. The number of nitrogens with zero attached hydrogens (tertiary/aromatic N) is 4. The Bertz CT molecular complexity index is 2450. The van der Waals surface area contributed by atoms with Crippen molar-refractivity contribution in [3.8, 4) is 11.5 Å². The second-order valence-corrected chi connectivity index (χ2v) is 15.9. The van der Waals surface area contributed by atoms with Crippen molar-refractivity contribution in [2.45, 2.75) is 57.3 Å². The minimum Gasteiger partial charge on any atom is -0.449 e. The number of hydrogen-bond donors (Lipinski definition) is 2. The van der Waals surface area contributed by atoms with Gasteiger partial charge in [0.1, 0.15) is 23.1 Å². The first-order valence-electron chi connectivity index (χ1n) is 19.7. The molecule has 5 aliphatic rings. The number of anilines is 4. The van der Waals surface area contributed by atoms with Crippen molar-refractivity contribution < 1.29 is 32.3 Å². The molecule has 10 rings (SSSR count). The molecule has 6 heterocycles. The smallest absolute Gasteiger partial charge is 0.291 e. The van der Waals surface area contributed by atoms with Gasteiger partial charge in [0.2, 0.25) is 0 Å². The maximum absolute atomic E-state index is 14.8. The summed E-state index contributed by atoms with van der Waals surface area (Å²) in [5.74, 6) is -1.34. The molecule has 1 spiro atoms. The summed E-state index contributed by atoms with van der Waals surface area (Å²) >= 11 is 0. The normalized spacial score (nSPS) is 17.9. The number of halogens is 2. The first-order valence-corrected chi connectivity index (χ1v) is 19.7. The van der Waals surface area contributed by atoms with E-state index >= 15 is 0 Å². The van der Waals surface area contributed by atoms with E-state index in [4.69, 9.17) is 14.1 Å². The molecular formula is C44H40F2N6O5. The van der Waals surface area contributed by atoms with E-state index in [1.165, 1.54) is 17.0 Å². The molecule has 290 valence electrons. The highest BCUT2D eigenvalue weighted by Gasteiger charge is 2.45. The fourth-order valence-electron chi connectivity index (χ4n) is 8.84. The molecule has 0 atom stereocenters. The maximum atomic E-state index is 14.8. The monoisotopic (exact) mass is 770 g/mol. The van der Waals surface area contributed by atoms with Gasteiger partial charge < -0.3 is 29.6 Å². The van der Waals surface area contributed by atoms with Crippen LogP contribution in [0.5, 0.6) is 0 Å². The van der Waals surface area contributed by atoms with Crippen molar-refractivity contribution in [1.82, 2.24) is 9.97 Å². The van der Waals surface area contributed by atoms with Gasteiger partial charge in [-0.2, -0.15) is 0 Å². The zero-order chi connectivity index (χ0) is 38.8. The molecule has 2 aromatic carbocycles. The van der Waals surface area contributed by atoms with E-state index in [0.717, 1.165) is 100 Å². The van der Waals surface area contributed by atoms with Gasteiger partial charge in [-0.15, -0.1) is 0 Å². The van der Waals surface area contributed by atoms with Gasteiger partial charge in [-0.05, 0) is 111 Å². The molecule has 0 bridgehead atoms. The summed E-state index contributed by atoms with van der Waals surface area (Å²) in [5.41, 5.74) is 5.66. The minimum absolute atomic E-state index is 0.0459. The van der Waals surface area contributed by atoms with Crippen LogP contribution in [-0.4, -0.2) is 60.5 Å². The molecule has 3 fully saturated rings. The van der Waals surface area contributed by atoms with E-state index in [1.807, 2.05) is 12.1 Å². The molecule has 2 N–H and O–H groups in total. The lowest BCUT2D eigenvalue weighted by molar-refractivity contribution is -0.000521. The number of amides is 3. The maximum Gasteiger partial charge on any atom is 0.291 e. The summed E-state index contributed by atoms with van der Waals surface area (Å²) in [6.45, 7) is 3.38. The lowest BCUT2D eigenvalue weighted by atomic mass is 9.73. The SMILES string of the molecule is O=C(Nc1c(F)cccc1C1CC1)c1cc2c(o1)-c1ncc(F)cc1N(C(=O)c1ccc(NC(=O)c3cc4c(nc3N3CC5(CCOCC5)C3)CCC4)cc1)CC2. The average molecular weight is 771 g/mol. The first kappa shape index (κ1) is 35.5. The first-order chi connectivity index (χ1) is 27.7. The quantitative estimate of drug-likeness (QED) is 0.172. The predicted molar refractivity (Wildman–Crippen MR) is 209 cm³/mol. The molecule has 2 saturated heterocycles. The van der Waals surface area contributed by atoms with Crippen molar-refractivity contribution in [2.75, 3.05) is 53.3 Å². The van der Waals surface area contributed by atoms with E-state index in [2.05, 4.69) is 20.5 Å². The van der Waals surface area contributed by atoms with E-state index in [1.54, 1.807) is 36.4 Å². The van der Waals surface area contributed by atoms with Gasteiger partial charge in [0.25, 0.3) is 17.7 Å². The van der Waals surface area contributed by atoms with E-state index in [0.29, 0.717) is 22.4 Å². The van der Waals surface area contributed by atoms with Crippen LogP contribution < -0.4 is 20.4 Å². The molecule has 11 nitrogen and oxygen atoms in total. The molecule has 1 saturated carbocycles. The molecular weight excluding hydrogens is 731 g/mol. The van der Waals surface area contributed by atoms with E-state index in [9.17, 15) is 23.2 Å². The Kier molecular flexibility index (Phi) is 8.65. The Morgan fingerprint density at radius 1 is 0.877 bits per heavy atom. The summed E-state index contributed by atoms with van der Waals surface area (Å²) in [7, 11) is 0. The fraction of sp³-hybridized carbons (Fsp3) is 0.341. The number of ether oxygens (including phenoxy) is 1. The van der Waals surface area contributed by atoms with Crippen molar-refractivity contribution in [3.63, 3.8) is 0 Å². The molecule has 3 aromatic heterocycles. The van der Waals surface area contributed by atoms with Crippen LogP contribution in [0.2, 0.25) is 0 Å². The average Bonchev–Trinajstić information content (AvgIpc) is 3.84. The number of pyridine rings is 2.